The maximum Gasteiger partial charge on any atom is 0.469 e. The van der Waals surface area contributed by atoms with Crippen molar-refractivity contribution in [1.29, 1.82) is 0 Å². The molecule has 6 N–H and O–H groups in total. The number of rotatable bonds is 7. The molecule has 0 radical (unpaired) electrons. The first-order valence-corrected chi connectivity index (χ1v) is 6.07. The van der Waals surface area contributed by atoms with Crippen LogP contribution in [0.5, 0.6) is 0 Å². The zero-order chi connectivity index (χ0) is 12.9. The van der Waals surface area contributed by atoms with E-state index in [-0.39, 0.29) is 0 Å². The van der Waals surface area contributed by atoms with Crippen molar-refractivity contribution in [3.63, 3.8) is 0 Å². The van der Waals surface area contributed by atoms with Crippen molar-refractivity contribution in [3.8, 4) is 0 Å². The Kier molecular flexibility index (Phi) is 6.71. The summed E-state index contributed by atoms with van der Waals surface area (Å²) in [6, 6.07) is 0. The highest BCUT2D eigenvalue weighted by molar-refractivity contribution is 7.79. The minimum absolute atomic E-state index is 0.768. The lowest BCUT2D eigenvalue weighted by atomic mass is 10.0. The minimum atomic E-state index is -4.76. The van der Waals surface area contributed by atoms with Crippen LogP contribution in [0, 0.1) is 0 Å². The van der Waals surface area contributed by atoms with E-state index in [2.05, 4.69) is 16.7 Å². The number of aliphatic hydroxyl groups excluding tert-OH is 4. The van der Waals surface area contributed by atoms with Crippen LogP contribution in [0.3, 0.4) is 0 Å². The molecular weight excluding hydrogens is 263 g/mol. The lowest BCUT2D eigenvalue weighted by Crippen LogP contribution is -2.46. The second kappa shape index (κ2) is 6.70. The van der Waals surface area contributed by atoms with Crippen LogP contribution >= 0.6 is 20.0 Å². The van der Waals surface area contributed by atoms with Gasteiger partial charge in [0, 0.05) is 5.37 Å². The predicted octanol–water partition coefficient (Wildman–Crippen LogP) is -2.46. The maximum absolute atomic E-state index is 10.3. The van der Waals surface area contributed by atoms with Crippen molar-refractivity contribution in [2.75, 3.05) is 6.61 Å². The molecule has 0 saturated carbocycles. The van der Waals surface area contributed by atoms with Gasteiger partial charge in [0.05, 0.1) is 6.61 Å². The summed E-state index contributed by atoms with van der Waals surface area (Å²) in [6.07, 6.45) is -6.93. The Morgan fingerprint density at radius 1 is 1.19 bits per heavy atom. The molecule has 0 aliphatic heterocycles. The summed E-state index contributed by atoms with van der Waals surface area (Å²) in [5.74, 6) is 0. The standard InChI is InChI=1S/C6H13O8PS/c7-3(1-14-15(11,12)13)5(9)6(10)4(8)2-16/h2-10H,1H2,(H2,11,12,13)/t3?,4-,5+,6-/m0/s1. The van der Waals surface area contributed by atoms with Crippen molar-refractivity contribution < 1.29 is 39.3 Å². The molecular formula is C6H13O8PS. The summed E-state index contributed by atoms with van der Waals surface area (Å²) in [5, 5.41) is 37.3. The second-order valence-electron chi connectivity index (χ2n) is 2.96. The Morgan fingerprint density at radius 3 is 2.06 bits per heavy atom. The average Bonchev–Trinajstić information content (AvgIpc) is 2.21. The molecule has 0 bridgehead atoms. The monoisotopic (exact) mass is 276 g/mol. The van der Waals surface area contributed by atoms with E-state index in [0.29, 0.717) is 0 Å². The highest BCUT2D eigenvalue weighted by Gasteiger charge is 2.30. The third-order valence-corrected chi connectivity index (χ3v) is 2.41. The van der Waals surface area contributed by atoms with Gasteiger partial charge in [0.25, 0.3) is 0 Å². The Hall–Kier alpha value is 0.0400. The molecule has 4 atom stereocenters. The van der Waals surface area contributed by atoms with Gasteiger partial charge in [0.2, 0.25) is 0 Å². The molecule has 0 aromatic rings. The first kappa shape index (κ1) is 16.0. The summed E-state index contributed by atoms with van der Waals surface area (Å²) >= 11 is 4.30. The van der Waals surface area contributed by atoms with E-state index in [0.717, 1.165) is 5.37 Å². The smallest absolute Gasteiger partial charge is 0.388 e. The molecule has 0 aromatic heterocycles. The number of phosphoric ester groups is 1. The van der Waals surface area contributed by atoms with Gasteiger partial charge in [-0.2, -0.15) is 0 Å². The van der Waals surface area contributed by atoms with Gasteiger partial charge in [-0.25, -0.2) is 4.57 Å². The molecule has 0 aliphatic rings. The SMILES string of the molecule is O=P(O)(O)OCC(O)[C@@H](O)[C@@H](O)[C@@H](O)C=S. The van der Waals surface area contributed by atoms with Crippen LogP contribution in [0.1, 0.15) is 0 Å². The molecule has 16 heavy (non-hydrogen) atoms. The third kappa shape index (κ3) is 5.94. The second-order valence-corrected chi connectivity index (χ2v) is 4.47. The van der Waals surface area contributed by atoms with Crippen LogP contribution in [-0.2, 0) is 9.09 Å². The Bertz CT molecular complexity index is 267. The lowest BCUT2D eigenvalue weighted by molar-refractivity contribution is -0.0986. The highest BCUT2D eigenvalue weighted by atomic mass is 32.1. The largest absolute Gasteiger partial charge is 0.469 e. The van der Waals surface area contributed by atoms with Crippen molar-refractivity contribution in [2.24, 2.45) is 0 Å². The fourth-order valence-electron chi connectivity index (χ4n) is 0.782. The van der Waals surface area contributed by atoms with E-state index in [1.807, 2.05) is 0 Å². The lowest BCUT2D eigenvalue weighted by Gasteiger charge is -2.24. The molecule has 96 valence electrons. The highest BCUT2D eigenvalue weighted by Crippen LogP contribution is 2.35. The van der Waals surface area contributed by atoms with E-state index >= 15 is 0 Å². The first-order valence-electron chi connectivity index (χ1n) is 4.06. The van der Waals surface area contributed by atoms with E-state index < -0.39 is 38.8 Å². The first-order chi connectivity index (χ1) is 7.19. The van der Waals surface area contributed by atoms with Crippen molar-refractivity contribution in [1.82, 2.24) is 0 Å². The number of hydrogen-bond acceptors (Lipinski definition) is 7. The summed E-state index contributed by atoms with van der Waals surface area (Å²) in [7, 11) is -4.76. The average molecular weight is 276 g/mol. The molecule has 0 aliphatic carbocycles. The van der Waals surface area contributed by atoms with Gasteiger partial charge in [-0.05, 0) is 0 Å². The van der Waals surface area contributed by atoms with Gasteiger partial charge in [-0.3, -0.25) is 4.52 Å². The van der Waals surface area contributed by atoms with Crippen molar-refractivity contribution in [2.45, 2.75) is 24.4 Å². The fraction of sp³-hybridized carbons (Fsp3) is 0.833. The van der Waals surface area contributed by atoms with E-state index in [4.69, 9.17) is 20.0 Å². The summed E-state index contributed by atoms with van der Waals surface area (Å²) in [5.41, 5.74) is 0. The van der Waals surface area contributed by atoms with E-state index in [1.165, 1.54) is 0 Å². The summed E-state index contributed by atoms with van der Waals surface area (Å²) < 4.78 is 14.2. The van der Waals surface area contributed by atoms with Gasteiger partial charge in [-0.1, -0.05) is 12.2 Å². The van der Waals surface area contributed by atoms with Gasteiger partial charge < -0.3 is 30.2 Å². The van der Waals surface area contributed by atoms with Crippen LogP contribution in [0.25, 0.3) is 0 Å². The third-order valence-electron chi connectivity index (χ3n) is 1.65. The molecule has 8 nitrogen and oxygen atoms in total. The van der Waals surface area contributed by atoms with Crippen molar-refractivity contribution >= 4 is 25.4 Å². The molecule has 0 amide bonds. The van der Waals surface area contributed by atoms with Crippen LogP contribution in [0.2, 0.25) is 0 Å². The Balaban J connectivity index is 4.22. The molecule has 0 saturated heterocycles. The summed E-state index contributed by atoms with van der Waals surface area (Å²) in [4.78, 5) is 16.6. The molecule has 10 heteroatoms. The molecule has 0 spiro atoms. The fourth-order valence-corrected chi connectivity index (χ4v) is 1.29. The van der Waals surface area contributed by atoms with Crippen LogP contribution in [0.4, 0.5) is 0 Å². The summed E-state index contributed by atoms with van der Waals surface area (Å²) in [6.45, 7) is -0.896. The normalized spacial score (nSPS) is 19.9. The topological polar surface area (TPSA) is 148 Å². The molecule has 0 rings (SSSR count). The van der Waals surface area contributed by atoms with Crippen LogP contribution in [-0.4, -0.2) is 66.6 Å². The van der Waals surface area contributed by atoms with E-state index in [9.17, 15) is 14.8 Å². The number of thiocarbonyl (C=S) groups is 1. The maximum atomic E-state index is 10.3. The quantitative estimate of drug-likeness (QED) is 0.220. The molecule has 0 fully saturated rings. The van der Waals surface area contributed by atoms with Gasteiger partial charge in [0.1, 0.15) is 24.4 Å². The van der Waals surface area contributed by atoms with Gasteiger partial charge in [-0.15, -0.1) is 0 Å². The minimum Gasteiger partial charge on any atom is -0.388 e. The molecule has 0 aromatic carbocycles. The molecule has 1 unspecified atom stereocenters. The number of phosphoric acid groups is 1. The number of aliphatic hydroxyl groups is 4. The number of hydrogen-bond donors (Lipinski definition) is 6. The zero-order valence-corrected chi connectivity index (χ0v) is 9.66. The predicted molar refractivity (Wildman–Crippen MR) is 55.7 cm³/mol. The van der Waals surface area contributed by atoms with Crippen LogP contribution in [0.15, 0.2) is 0 Å². The Labute approximate surface area is 96.4 Å². The van der Waals surface area contributed by atoms with E-state index in [1.54, 1.807) is 0 Å². The van der Waals surface area contributed by atoms with Gasteiger partial charge in [0.15, 0.2) is 0 Å². The van der Waals surface area contributed by atoms with Crippen molar-refractivity contribution in [3.05, 3.63) is 0 Å². The van der Waals surface area contributed by atoms with Crippen LogP contribution < -0.4 is 0 Å². The zero-order valence-electron chi connectivity index (χ0n) is 7.95. The van der Waals surface area contributed by atoms with Gasteiger partial charge >= 0.3 is 7.82 Å². The molecule has 0 heterocycles. The Morgan fingerprint density at radius 2 is 1.69 bits per heavy atom.